The van der Waals surface area contributed by atoms with Gasteiger partial charge in [0, 0.05) is 35.9 Å². The standard InChI is InChI=1S/C16H20N2O3/c1-10(2)18-9-11(8-17-18)15-7-14(19)13-5-4-12(20-3)6-16(13)21-15/h4-6,8-10,14-15,19H,7H2,1-3H3/t14-,15?/m0/s1. The van der Waals surface area contributed by atoms with E-state index in [0.717, 1.165) is 16.9 Å². The second kappa shape index (κ2) is 5.41. The van der Waals surface area contributed by atoms with E-state index in [9.17, 15) is 5.11 Å². The molecule has 1 aromatic heterocycles. The van der Waals surface area contributed by atoms with Crippen molar-refractivity contribution in [3.05, 3.63) is 41.7 Å². The minimum Gasteiger partial charge on any atom is -0.497 e. The number of benzene rings is 1. The first-order valence-electron chi connectivity index (χ1n) is 7.15. The van der Waals surface area contributed by atoms with Crippen molar-refractivity contribution >= 4 is 0 Å². The predicted octanol–water partition coefficient (Wildman–Crippen LogP) is 3.03. The van der Waals surface area contributed by atoms with Gasteiger partial charge in [-0.1, -0.05) is 0 Å². The van der Waals surface area contributed by atoms with Gasteiger partial charge in [-0.2, -0.15) is 5.10 Å². The lowest BCUT2D eigenvalue weighted by molar-refractivity contribution is 0.0654. The molecule has 112 valence electrons. The van der Waals surface area contributed by atoms with Crippen LogP contribution in [0.1, 0.15) is 49.6 Å². The summed E-state index contributed by atoms with van der Waals surface area (Å²) in [5.74, 6) is 1.40. The molecule has 3 rings (SSSR count). The quantitative estimate of drug-likeness (QED) is 0.943. The maximum atomic E-state index is 10.3. The van der Waals surface area contributed by atoms with E-state index in [2.05, 4.69) is 18.9 Å². The lowest BCUT2D eigenvalue weighted by atomic mass is 9.96. The Bertz CT molecular complexity index is 636. The predicted molar refractivity (Wildman–Crippen MR) is 78.6 cm³/mol. The van der Waals surface area contributed by atoms with E-state index in [1.165, 1.54) is 0 Å². The van der Waals surface area contributed by atoms with Crippen molar-refractivity contribution in [3.8, 4) is 11.5 Å². The van der Waals surface area contributed by atoms with Crippen LogP contribution >= 0.6 is 0 Å². The highest BCUT2D eigenvalue weighted by Crippen LogP contribution is 2.42. The molecule has 1 aliphatic rings. The normalized spacial score (nSPS) is 21.0. The van der Waals surface area contributed by atoms with Crippen LogP contribution in [0.3, 0.4) is 0 Å². The summed E-state index contributed by atoms with van der Waals surface area (Å²) < 4.78 is 13.1. The minimum absolute atomic E-state index is 0.188. The van der Waals surface area contributed by atoms with E-state index in [0.29, 0.717) is 18.2 Å². The van der Waals surface area contributed by atoms with Crippen LogP contribution < -0.4 is 9.47 Å². The number of ether oxygens (including phenoxy) is 2. The van der Waals surface area contributed by atoms with Crippen LogP contribution in [0.4, 0.5) is 0 Å². The molecule has 1 aliphatic heterocycles. The first-order chi connectivity index (χ1) is 10.1. The molecule has 21 heavy (non-hydrogen) atoms. The van der Waals surface area contributed by atoms with Crippen molar-refractivity contribution < 1.29 is 14.6 Å². The fourth-order valence-electron chi connectivity index (χ4n) is 2.56. The number of aliphatic hydroxyl groups is 1. The van der Waals surface area contributed by atoms with Gasteiger partial charge in [-0.15, -0.1) is 0 Å². The van der Waals surface area contributed by atoms with Crippen molar-refractivity contribution in [2.45, 2.75) is 38.5 Å². The number of methoxy groups -OCH3 is 1. The largest absolute Gasteiger partial charge is 0.497 e. The van der Waals surface area contributed by atoms with Crippen LogP contribution in [0.5, 0.6) is 11.5 Å². The lowest BCUT2D eigenvalue weighted by Gasteiger charge is -2.29. The van der Waals surface area contributed by atoms with E-state index in [1.807, 2.05) is 35.3 Å². The van der Waals surface area contributed by atoms with Gasteiger partial charge in [0.15, 0.2) is 0 Å². The molecule has 0 bridgehead atoms. The van der Waals surface area contributed by atoms with Crippen molar-refractivity contribution in [1.29, 1.82) is 0 Å². The SMILES string of the molecule is COc1ccc2c(c1)OC(c1cnn(C(C)C)c1)C[C@@H]2O. The molecule has 0 saturated heterocycles. The van der Waals surface area contributed by atoms with Crippen molar-refractivity contribution in [3.63, 3.8) is 0 Å². The number of fused-ring (bicyclic) bond motifs is 1. The summed E-state index contributed by atoms with van der Waals surface area (Å²) in [5.41, 5.74) is 1.79. The molecule has 0 saturated carbocycles. The molecule has 0 radical (unpaired) electrons. The van der Waals surface area contributed by atoms with Crippen LogP contribution in [0.25, 0.3) is 0 Å². The third-order valence-electron chi connectivity index (χ3n) is 3.81. The molecular formula is C16H20N2O3. The fourth-order valence-corrected chi connectivity index (χ4v) is 2.56. The maximum Gasteiger partial charge on any atom is 0.130 e. The number of nitrogens with zero attached hydrogens (tertiary/aromatic N) is 2. The molecular weight excluding hydrogens is 268 g/mol. The molecule has 5 nitrogen and oxygen atoms in total. The molecule has 0 fully saturated rings. The highest BCUT2D eigenvalue weighted by molar-refractivity contribution is 5.43. The summed E-state index contributed by atoms with van der Waals surface area (Å²) in [6.07, 6.45) is 3.60. The second-order valence-electron chi connectivity index (χ2n) is 5.61. The molecule has 2 atom stereocenters. The molecule has 0 amide bonds. The molecule has 0 aliphatic carbocycles. The smallest absolute Gasteiger partial charge is 0.130 e. The third kappa shape index (κ3) is 2.61. The number of hydrogen-bond donors (Lipinski definition) is 1. The van der Waals surface area contributed by atoms with Crippen molar-refractivity contribution in [2.75, 3.05) is 7.11 Å². The summed E-state index contributed by atoms with van der Waals surface area (Å²) >= 11 is 0. The van der Waals surface area contributed by atoms with Gasteiger partial charge in [-0.25, -0.2) is 0 Å². The Morgan fingerprint density at radius 2 is 2.24 bits per heavy atom. The van der Waals surface area contributed by atoms with E-state index >= 15 is 0 Å². The minimum atomic E-state index is -0.535. The Morgan fingerprint density at radius 3 is 2.90 bits per heavy atom. The maximum absolute atomic E-state index is 10.3. The Morgan fingerprint density at radius 1 is 1.43 bits per heavy atom. The molecule has 2 heterocycles. The Labute approximate surface area is 124 Å². The molecule has 5 heteroatoms. The summed E-state index contributed by atoms with van der Waals surface area (Å²) in [4.78, 5) is 0. The zero-order valence-corrected chi connectivity index (χ0v) is 12.5. The number of hydrogen-bond acceptors (Lipinski definition) is 4. The first-order valence-corrected chi connectivity index (χ1v) is 7.15. The molecule has 2 aromatic rings. The van der Waals surface area contributed by atoms with Crippen LogP contribution in [0.2, 0.25) is 0 Å². The van der Waals surface area contributed by atoms with Gasteiger partial charge in [0.05, 0.1) is 19.4 Å². The third-order valence-corrected chi connectivity index (χ3v) is 3.81. The van der Waals surface area contributed by atoms with Gasteiger partial charge in [0.25, 0.3) is 0 Å². The first kappa shape index (κ1) is 13.9. The van der Waals surface area contributed by atoms with Crippen LogP contribution in [0.15, 0.2) is 30.6 Å². The molecule has 0 spiro atoms. The summed E-state index contributed by atoms with van der Waals surface area (Å²) in [5, 5.41) is 14.7. The van der Waals surface area contributed by atoms with Gasteiger partial charge in [0.1, 0.15) is 17.6 Å². The number of aliphatic hydroxyl groups excluding tert-OH is 1. The van der Waals surface area contributed by atoms with Crippen molar-refractivity contribution in [2.24, 2.45) is 0 Å². The summed E-state index contributed by atoms with van der Waals surface area (Å²) in [7, 11) is 1.62. The van der Waals surface area contributed by atoms with Gasteiger partial charge in [-0.05, 0) is 26.0 Å². The van der Waals surface area contributed by atoms with E-state index in [-0.39, 0.29) is 6.10 Å². The average Bonchev–Trinajstić information content (AvgIpc) is 2.96. The highest BCUT2D eigenvalue weighted by atomic mass is 16.5. The Balaban J connectivity index is 1.89. The molecule has 1 N–H and O–H groups in total. The van der Waals surface area contributed by atoms with Crippen molar-refractivity contribution in [1.82, 2.24) is 9.78 Å². The van der Waals surface area contributed by atoms with Gasteiger partial charge < -0.3 is 14.6 Å². The Hall–Kier alpha value is -2.01. The van der Waals surface area contributed by atoms with Gasteiger partial charge in [0.2, 0.25) is 0 Å². The van der Waals surface area contributed by atoms with Gasteiger partial charge >= 0.3 is 0 Å². The van der Waals surface area contributed by atoms with Crippen LogP contribution in [-0.2, 0) is 0 Å². The topological polar surface area (TPSA) is 56.5 Å². The number of aromatic nitrogens is 2. The Kier molecular flexibility index (Phi) is 3.59. The number of rotatable bonds is 3. The van der Waals surface area contributed by atoms with Crippen LogP contribution in [0, 0.1) is 0 Å². The molecule has 1 aromatic carbocycles. The molecule has 1 unspecified atom stereocenters. The second-order valence-corrected chi connectivity index (χ2v) is 5.61. The lowest BCUT2D eigenvalue weighted by Crippen LogP contribution is -2.18. The summed E-state index contributed by atoms with van der Waals surface area (Å²) in [6, 6.07) is 5.81. The average molecular weight is 288 g/mol. The van der Waals surface area contributed by atoms with E-state index < -0.39 is 6.10 Å². The highest BCUT2D eigenvalue weighted by Gasteiger charge is 2.29. The van der Waals surface area contributed by atoms with E-state index in [4.69, 9.17) is 9.47 Å². The summed E-state index contributed by atoms with van der Waals surface area (Å²) in [6.45, 7) is 4.15. The zero-order valence-electron chi connectivity index (χ0n) is 12.5. The van der Waals surface area contributed by atoms with E-state index in [1.54, 1.807) is 7.11 Å². The van der Waals surface area contributed by atoms with Gasteiger partial charge in [-0.3, -0.25) is 4.68 Å². The monoisotopic (exact) mass is 288 g/mol. The van der Waals surface area contributed by atoms with Crippen LogP contribution in [-0.4, -0.2) is 22.0 Å². The fraction of sp³-hybridized carbons (Fsp3) is 0.438. The zero-order chi connectivity index (χ0) is 15.0.